The predicted molar refractivity (Wildman–Crippen MR) is 96.7 cm³/mol. The van der Waals surface area contributed by atoms with Crippen LogP contribution >= 0.6 is 0 Å². The van der Waals surface area contributed by atoms with E-state index >= 15 is 0 Å². The van der Waals surface area contributed by atoms with E-state index in [1.165, 1.54) is 6.42 Å². The molecule has 1 aromatic rings. The van der Waals surface area contributed by atoms with Crippen molar-refractivity contribution in [3.63, 3.8) is 0 Å². The molecule has 25 heavy (non-hydrogen) atoms. The summed E-state index contributed by atoms with van der Waals surface area (Å²) in [6.45, 7) is 3.61. The van der Waals surface area contributed by atoms with Crippen LogP contribution in [0.4, 0.5) is 0 Å². The second-order valence-electron chi connectivity index (χ2n) is 8.01. The monoisotopic (exact) mass is 349 g/mol. The molecule has 0 spiro atoms. The summed E-state index contributed by atoms with van der Waals surface area (Å²) < 4.78 is 5.76. The zero-order valence-electron chi connectivity index (χ0n) is 15.2. The number of aryl methyl sites for hydroxylation is 1. The SMILES string of the molecule is Cc1cccc(OC[C@@]2(O)CN(CC3(O)CCCCC3)CC[C@@H]2O)c1. The lowest BCUT2D eigenvalue weighted by Crippen LogP contribution is -2.62. The van der Waals surface area contributed by atoms with Crippen LogP contribution in [0.5, 0.6) is 5.75 Å². The number of likely N-dealkylation sites (tertiary alicyclic amines) is 1. The van der Waals surface area contributed by atoms with Crippen LogP contribution in [0.25, 0.3) is 0 Å². The van der Waals surface area contributed by atoms with Crippen molar-refractivity contribution in [1.82, 2.24) is 4.90 Å². The van der Waals surface area contributed by atoms with Gasteiger partial charge in [0.05, 0.1) is 11.7 Å². The number of nitrogens with zero attached hydrogens (tertiary/aromatic N) is 1. The summed E-state index contributed by atoms with van der Waals surface area (Å²) in [5.74, 6) is 0.698. The topological polar surface area (TPSA) is 73.2 Å². The first-order chi connectivity index (χ1) is 11.9. The highest BCUT2D eigenvalue weighted by Gasteiger charge is 2.44. The molecule has 1 aromatic carbocycles. The van der Waals surface area contributed by atoms with Gasteiger partial charge < -0.3 is 20.1 Å². The summed E-state index contributed by atoms with van der Waals surface area (Å²) in [6.07, 6.45) is 4.64. The molecule has 0 aromatic heterocycles. The lowest BCUT2D eigenvalue weighted by molar-refractivity contribution is -0.149. The number of β-amino-alcohol motifs (C(OH)–C–C–N with tert-alkyl or cyclic N) is 2. The molecule has 140 valence electrons. The Labute approximate surface area is 150 Å². The van der Waals surface area contributed by atoms with E-state index in [1.807, 2.05) is 31.2 Å². The molecule has 0 bridgehead atoms. The van der Waals surface area contributed by atoms with E-state index in [4.69, 9.17) is 4.74 Å². The number of hydrogen-bond acceptors (Lipinski definition) is 5. The van der Waals surface area contributed by atoms with Gasteiger partial charge in [0.1, 0.15) is 18.0 Å². The van der Waals surface area contributed by atoms with Gasteiger partial charge in [0.25, 0.3) is 0 Å². The van der Waals surface area contributed by atoms with Crippen LogP contribution in [0.1, 0.15) is 44.1 Å². The summed E-state index contributed by atoms with van der Waals surface area (Å²) >= 11 is 0. The molecule has 3 rings (SSSR count). The van der Waals surface area contributed by atoms with Crippen molar-refractivity contribution in [3.05, 3.63) is 29.8 Å². The van der Waals surface area contributed by atoms with Crippen LogP contribution in [0.3, 0.4) is 0 Å². The van der Waals surface area contributed by atoms with Gasteiger partial charge in [-0.15, -0.1) is 0 Å². The standard InChI is InChI=1S/C20H31NO4/c1-16-6-5-7-17(12-16)25-15-20(24)14-21(11-8-18(20)22)13-19(23)9-3-2-4-10-19/h5-7,12,18,22-24H,2-4,8-11,13-15H2,1H3/t18-,20-/m0/s1. The molecule has 0 radical (unpaired) electrons. The first-order valence-electron chi connectivity index (χ1n) is 9.43. The number of ether oxygens (including phenoxy) is 1. The molecular weight excluding hydrogens is 318 g/mol. The average Bonchev–Trinajstić information content (AvgIpc) is 2.57. The molecule has 1 heterocycles. The minimum Gasteiger partial charge on any atom is -0.490 e. The Kier molecular flexibility index (Phi) is 5.68. The second kappa shape index (κ2) is 7.62. The number of hydrogen-bond donors (Lipinski definition) is 3. The molecule has 2 aliphatic rings. The van der Waals surface area contributed by atoms with Crippen molar-refractivity contribution in [2.24, 2.45) is 0 Å². The van der Waals surface area contributed by atoms with Gasteiger partial charge in [0.2, 0.25) is 0 Å². The first-order valence-corrected chi connectivity index (χ1v) is 9.43. The van der Waals surface area contributed by atoms with Gasteiger partial charge in [-0.05, 0) is 43.9 Å². The maximum absolute atomic E-state index is 11.0. The third kappa shape index (κ3) is 4.73. The van der Waals surface area contributed by atoms with E-state index in [2.05, 4.69) is 4.90 Å². The van der Waals surface area contributed by atoms with Crippen LogP contribution in [0.15, 0.2) is 24.3 Å². The Bertz CT molecular complexity index is 573. The molecule has 5 nitrogen and oxygen atoms in total. The summed E-state index contributed by atoms with van der Waals surface area (Å²) in [6, 6.07) is 7.68. The fourth-order valence-corrected chi connectivity index (χ4v) is 4.12. The third-order valence-electron chi connectivity index (χ3n) is 5.62. The van der Waals surface area contributed by atoms with E-state index in [-0.39, 0.29) is 6.61 Å². The zero-order valence-corrected chi connectivity index (χ0v) is 15.2. The zero-order chi connectivity index (χ0) is 17.9. The van der Waals surface area contributed by atoms with Gasteiger partial charge >= 0.3 is 0 Å². The lowest BCUT2D eigenvalue weighted by Gasteiger charge is -2.45. The molecular formula is C20H31NO4. The van der Waals surface area contributed by atoms with Crippen molar-refractivity contribution in [2.45, 2.75) is 62.8 Å². The Hall–Kier alpha value is -1.14. The lowest BCUT2D eigenvalue weighted by atomic mass is 9.83. The normalized spacial score (nSPS) is 30.2. The summed E-state index contributed by atoms with van der Waals surface area (Å²) in [5.41, 5.74) is -0.874. The molecule has 5 heteroatoms. The van der Waals surface area contributed by atoms with Crippen LogP contribution in [-0.2, 0) is 0 Å². The number of aliphatic hydroxyl groups excluding tert-OH is 1. The van der Waals surface area contributed by atoms with Gasteiger partial charge in [-0.2, -0.15) is 0 Å². The van der Waals surface area contributed by atoms with Crippen molar-refractivity contribution in [3.8, 4) is 5.75 Å². The molecule has 1 saturated heterocycles. The maximum Gasteiger partial charge on any atom is 0.137 e. The van der Waals surface area contributed by atoms with Crippen LogP contribution in [0.2, 0.25) is 0 Å². The molecule has 1 saturated carbocycles. The Balaban J connectivity index is 1.60. The van der Waals surface area contributed by atoms with Crippen LogP contribution < -0.4 is 4.74 Å². The molecule has 2 fully saturated rings. The quantitative estimate of drug-likeness (QED) is 0.757. The fraction of sp³-hybridized carbons (Fsp3) is 0.700. The molecule has 2 atom stereocenters. The number of aliphatic hydroxyl groups is 3. The fourth-order valence-electron chi connectivity index (χ4n) is 4.12. The molecule has 1 aliphatic carbocycles. The molecule has 0 unspecified atom stereocenters. The van der Waals surface area contributed by atoms with E-state index in [9.17, 15) is 15.3 Å². The minimum absolute atomic E-state index is 0.0482. The highest BCUT2D eigenvalue weighted by atomic mass is 16.5. The Morgan fingerprint density at radius 3 is 2.68 bits per heavy atom. The summed E-state index contributed by atoms with van der Waals surface area (Å²) in [4.78, 5) is 2.08. The van der Waals surface area contributed by atoms with E-state index < -0.39 is 17.3 Å². The summed E-state index contributed by atoms with van der Waals surface area (Å²) in [7, 11) is 0. The summed E-state index contributed by atoms with van der Waals surface area (Å²) in [5, 5.41) is 32.1. The Morgan fingerprint density at radius 1 is 1.20 bits per heavy atom. The number of piperidine rings is 1. The first kappa shape index (κ1) is 18.6. The Morgan fingerprint density at radius 2 is 1.96 bits per heavy atom. The van der Waals surface area contributed by atoms with Gasteiger partial charge in [0, 0.05) is 19.6 Å². The number of benzene rings is 1. The van der Waals surface area contributed by atoms with E-state index in [0.29, 0.717) is 31.8 Å². The van der Waals surface area contributed by atoms with Crippen molar-refractivity contribution in [1.29, 1.82) is 0 Å². The highest BCUT2D eigenvalue weighted by molar-refractivity contribution is 5.27. The van der Waals surface area contributed by atoms with Gasteiger partial charge in [0.15, 0.2) is 0 Å². The smallest absolute Gasteiger partial charge is 0.137 e. The van der Waals surface area contributed by atoms with E-state index in [1.54, 1.807) is 0 Å². The number of rotatable bonds is 5. The minimum atomic E-state index is -1.31. The maximum atomic E-state index is 11.0. The largest absolute Gasteiger partial charge is 0.490 e. The van der Waals surface area contributed by atoms with Crippen molar-refractivity contribution >= 4 is 0 Å². The molecule has 1 aliphatic heterocycles. The predicted octanol–water partition coefficient (Wildman–Crippen LogP) is 1.87. The van der Waals surface area contributed by atoms with Crippen LogP contribution in [-0.4, -0.2) is 63.8 Å². The second-order valence-corrected chi connectivity index (χ2v) is 8.01. The van der Waals surface area contributed by atoms with Gasteiger partial charge in [-0.1, -0.05) is 31.4 Å². The van der Waals surface area contributed by atoms with Crippen molar-refractivity contribution in [2.75, 3.05) is 26.2 Å². The van der Waals surface area contributed by atoms with Crippen LogP contribution in [0, 0.1) is 6.92 Å². The molecule has 0 amide bonds. The highest BCUT2D eigenvalue weighted by Crippen LogP contribution is 2.31. The van der Waals surface area contributed by atoms with E-state index in [0.717, 1.165) is 31.2 Å². The van der Waals surface area contributed by atoms with Gasteiger partial charge in [-0.3, -0.25) is 4.90 Å². The molecule has 3 N–H and O–H groups in total. The average molecular weight is 349 g/mol. The van der Waals surface area contributed by atoms with Gasteiger partial charge in [-0.25, -0.2) is 0 Å². The third-order valence-corrected chi connectivity index (χ3v) is 5.62. The van der Waals surface area contributed by atoms with Crippen molar-refractivity contribution < 1.29 is 20.1 Å².